The van der Waals surface area contributed by atoms with Gasteiger partial charge in [0, 0.05) is 35.4 Å². The first-order valence-corrected chi connectivity index (χ1v) is 17.5. The van der Waals surface area contributed by atoms with Crippen LogP contribution in [0.1, 0.15) is 48.0 Å². The predicted octanol–water partition coefficient (Wildman–Crippen LogP) is 7.20. The van der Waals surface area contributed by atoms with Gasteiger partial charge < -0.3 is 34.4 Å². The van der Waals surface area contributed by atoms with Crippen LogP contribution in [-0.2, 0) is 32.2 Å². The quantitative estimate of drug-likeness (QED) is 0.0865. The van der Waals surface area contributed by atoms with Crippen LogP contribution >= 0.6 is 11.8 Å². The summed E-state index contributed by atoms with van der Waals surface area (Å²) in [4.78, 5) is 28.5. The van der Waals surface area contributed by atoms with E-state index in [1.807, 2.05) is 109 Å². The van der Waals surface area contributed by atoms with Crippen LogP contribution in [0, 0.1) is 0 Å². The second-order valence-electron chi connectivity index (χ2n) is 11.6. The van der Waals surface area contributed by atoms with Gasteiger partial charge >= 0.3 is 12.0 Å². The zero-order chi connectivity index (χ0) is 34.7. The summed E-state index contributed by atoms with van der Waals surface area (Å²) in [5.74, 6) is 0.808. The molecule has 3 N–H and O–H groups in total. The van der Waals surface area contributed by atoms with Crippen LogP contribution in [0.3, 0.4) is 0 Å². The van der Waals surface area contributed by atoms with Gasteiger partial charge in [-0.1, -0.05) is 121 Å². The van der Waals surface area contributed by atoms with E-state index >= 15 is 0 Å². The van der Waals surface area contributed by atoms with Crippen molar-refractivity contribution in [1.82, 2.24) is 15.6 Å². The number of oxazole rings is 1. The second-order valence-corrected chi connectivity index (χ2v) is 12.6. The van der Waals surface area contributed by atoms with Crippen LogP contribution < -0.4 is 10.6 Å². The van der Waals surface area contributed by atoms with Crippen molar-refractivity contribution < 1.29 is 33.3 Å². The van der Waals surface area contributed by atoms with Crippen molar-refractivity contribution in [1.29, 1.82) is 0 Å². The average molecular weight is 694 g/mol. The van der Waals surface area contributed by atoms with Crippen LogP contribution in [0.5, 0.6) is 0 Å². The molecule has 1 aliphatic rings. The zero-order valence-electron chi connectivity index (χ0n) is 27.6. The van der Waals surface area contributed by atoms with E-state index in [-0.39, 0.29) is 38.5 Å². The first-order valence-electron chi connectivity index (χ1n) is 16.5. The molecule has 0 saturated carbocycles. The fourth-order valence-corrected chi connectivity index (χ4v) is 6.37. The highest BCUT2D eigenvalue weighted by Gasteiger charge is 2.33. The number of urea groups is 1. The van der Waals surface area contributed by atoms with E-state index in [2.05, 4.69) is 10.6 Å². The third-order valence-electron chi connectivity index (χ3n) is 8.10. The van der Waals surface area contributed by atoms with Gasteiger partial charge in [-0.05, 0) is 23.6 Å². The Balaban J connectivity index is 1.16. The summed E-state index contributed by atoms with van der Waals surface area (Å²) < 4.78 is 24.2. The number of hydrogen-bond donors (Lipinski definition) is 3. The van der Waals surface area contributed by atoms with Crippen LogP contribution in [0.2, 0.25) is 0 Å². The molecule has 4 aromatic carbocycles. The number of benzene rings is 4. The van der Waals surface area contributed by atoms with Crippen molar-refractivity contribution in [2.45, 2.75) is 50.2 Å². The van der Waals surface area contributed by atoms with Gasteiger partial charge in [0.25, 0.3) is 5.22 Å². The first-order chi connectivity index (χ1) is 24.5. The fourth-order valence-electron chi connectivity index (χ4n) is 5.53. The number of hydrogen-bond acceptors (Lipinski definition) is 9. The summed E-state index contributed by atoms with van der Waals surface area (Å²) in [6, 6.07) is 34.9. The van der Waals surface area contributed by atoms with Gasteiger partial charge in [-0.3, -0.25) is 4.79 Å². The molecule has 1 aliphatic heterocycles. The SMILES string of the molecule is CCOC(=O)CNC(=O)NCc1ccc([C@@H]2O[C@H](CSc3nc(-c4ccccc4)c(-c4ccccc4)o3)C[C@H](c3ccc(CO)cc3)O2)cc1. The Morgan fingerprint density at radius 2 is 1.50 bits per heavy atom. The minimum absolute atomic E-state index is 0.0306. The monoisotopic (exact) mass is 693 g/mol. The molecule has 258 valence electrons. The minimum atomic E-state index is -0.643. The molecule has 1 aromatic heterocycles. The molecule has 6 rings (SSSR count). The predicted molar refractivity (Wildman–Crippen MR) is 190 cm³/mol. The molecule has 2 heterocycles. The molecule has 0 unspecified atom stereocenters. The summed E-state index contributed by atoms with van der Waals surface area (Å²) >= 11 is 1.51. The molecule has 1 saturated heterocycles. The third-order valence-corrected chi connectivity index (χ3v) is 9.06. The Bertz CT molecular complexity index is 1780. The lowest BCUT2D eigenvalue weighted by molar-refractivity contribution is -0.245. The Morgan fingerprint density at radius 1 is 0.840 bits per heavy atom. The topological polar surface area (TPSA) is 132 Å². The van der Waals surface area contributed by atoms with Gasteiger partial charge in [-0.25, -0.2) is 9.78 Å². The number of nitrogens with zero attached hydrogens (tertiary/aromatic N) is 1. The van der Waals surface area contributed by atoms with Crippen molar-refractivity contribution >= 4 is 23.8 Å². The molecule has 3 atom stereocenters. The van der Waals surface area contributed by atoms with Crippen molar-refractivity contribution in [2.75, 3.05) is 18.9 Å². The summed E-state index contributed by atoms with van der Waals surface area (Å²) in [5, 5.41) is 15.3. The van der Waals surface area contributed by atoms with E-state index in [1.54, 1.807) is 6.92 Å². The number of aliphatic hydroxyl groups is 1. The third kappa shape index (κ3) is 9.19. The Labute approximate surface area is 295 Å². The maximum absolute atomic E-state index is 12.1. The summed E-state index contributed by atoms with van der Waals surface area (Å²) in [6.45, 7) is 2.01. The van der Waals surface area contributed by atoms with E-state index in [0.717, 1.165) is 44.8 Å². The van der Waals surface area contributed by atoms with E-state index in [1.165, 1.54) is 11.8 Å². The molecular formula is C39H39N3O7S. The molecule has 2 amide bonds. The van der Waals surface area contributed by atoms with Gasteiger partial charge in [0.1, 0.15) is 12.2 Å². The Hall–Kier alpha value is -4.94. The van der Waals surface area contributed by atoms with Crippen molar-refractivity contribution in [3.63, 3.8) is 0 Å². The number of nitrogens with one attached hydrogen (secondary N) is 2. The maximum atomic E-state index is 12.1. The highest BCUT2D eigenvalue weighted by molar-refractivity contribution is 7.99. The number of ether oxygens (including phenoxy) is 3. The zero-order valence-corrected chi connectivity index (χ0v) is 28.4. The molecule has 10 nitrogen and oxygen atoms in total. The number of aromatic nitrogens is 1. The smallest absolute Gasteiger partial charge is 0.325 e. The number of carbonyl (C=O) groups is 2. The maximum Gasteiger partial charge on any atom is 0.325 e. The first kappa shape index (κ1) is 34.9. The van der Waals surface area contributed by atoms with Crippen molar-refractivity contribution in [3.05, 3.63) is 131 Å². The van der Waals surface area contributed by atoms with Gasteiger partial charge in [0.2, 0.25) is 0 Å². The van der Waals surface area contributed by atoms with Crippen LogP contribution in [-0.4, -0.2) is 47.1 Å². The number of amides is 2. The lowest BCUT2D eigenvalue weighted by atomic mass is 10.0. The van der Waals surface area contributed by atoms with Crippen molar-refractivity contribution in [3.8, 4) is 22.6 Å². The van der Waals surface area contributed by atoms with Crippen molar-refractivity contribution in [2.24, 2.45) is 0 Å². The molecule has 11 heteroatoms. The number of thioether (sulfide) groups is 1. The molecule has 0 aliphatic carbocycles. The van der Waals surface area contributed by atoms with Crippen LogP contribution in [0.15, 0.2) is 119 Å². The van der Waals surface area contributed by atoms with Crippen LogP contribution in [0.25, 0.3) is 22.6 Å². The van der Waals surface area contributed by atoms with E-state index < -0.39 is 18.3 Å². The highest BCUT2D eigenvalue weighted by Crippen LogP contribution is 2.41. The number of esters is 1. The second kappa shape index (κ2) is 17.1. The van der Waals surface area contributed by atoms with Gasteiger partial charge in [0.05, 0.1) is 25.4 Å². The lowest BCUT2D eigenvalue weighted by Crippen LogP contribution is -2.38. The Morgan fingerprint density at radius 3 is 2.18 bits per heavy atom. The Kier molecular flexibility index (Phi) is 12.0. The molecular weight excluding hydrogens is 655 g/mol. The lowest BCUT2D eigenvalue weighted by Gasteiger charge is -2.36. The number of carbonyl (C=O) groups excluding carboxylic acids is 2. The summed E-state index contributed by atoms with van der Waals surface area (Å²) in [7, 11) is 0. The largest absolute Gasteiger partial charge is 0.465 e. The normalized spacial score (nSPS) is 17.2. The summed E-state index contributed by atoms with van der Waals surface area (Å²) in [5.41, 5.74) is 6.25. The molecule has 1 fully saturated rings. The van der Waals surface area contributed by atoms with E-state index in [4.69, 9.17) is 23.6 Å². The standard InChI is InChI=1S/C39H39N3O7S/c1-2-46-34(44)23-41-38(45)40-22-26-13-19-31(20-14-26)37-47-32(21-33(48-37)28-17-15-27(24-43)16-18-28)25-50-39-42-35(29-9-5-3-6-10-29)36(49-39)30-11-7-4-8-12-30/h3-20,32-33,37,43H,2,21-25H2,1H3,(H2,40,41,45)/t32-,33+,37+/m0/s1. The number of rotatable bonds is 13. The van der Waals surface area contributed by atoms with Gasteiger partial charge in [0.15, 0.2) is 12.1 Å². The van der Waals surface area contributed by atoms with Gasteiger partial charge in [-0.2, -0.15) is 0 Å². The van der Waals surface area contributed by atoms with Gasteiger partial charge in [-0.15, -0.1) is 0 Å². The summed E-state index contributed by atoms with van der Waals surface area (Å²) in [6.07, 6.45) is -0.474. The van der Waals surface area contributed by atoms with E-state index in [0.29, 0.717) is 17.4 Å². The fraction of sp³-hybridized carbons (Fsp3) is 0.256. The van der Waals surface area contributed by atoms with Crippen LogP contribution in [0.4, 0.5) is 4.79 Å². The molecule has 0 radical (unpaired) electrons. The molecule has 0 spiro atoms. The molecule has 5 aromatic rings. The highest BCUT2D eigenvalue weighted by atomic mass is 32.2. The average Bonchev–Trinajstić information content (AvgIpc) is 3.61. The minimum Gasteiger partial charge on any atom is -0.465 e. The number of aliphatic hydroxyl groups excluding tert-OH is 1. The molecule has 0 bridgehead atoms. The van der Waals surface area contributed by atoms with E-state index in [9.17, 15) is 14.7 Å². The molecule has 50 heavy (non-hydrogen) atoms.